The van der Waals surface area contributed by atoms with Crippen LogP contribution in [0.2, 0.25) is 0 Å². The van der Waals surface area contributed by atoms with Crippen molar-refractivity contribution in [3.05, 3.63) is 0 Å². The van der Waals surface area contributed by atoms with Crippen LogP contribution in [0.25, 0.3) is 0 Å². The lowest BCUT2D eigenvalue weighted by Crippen LogP contribution is -2.54. The summed E-state index contributed by atoms with van der Waals surface area (Å²) in [5, 5.41) is 44.1. The van der Waals surface area contributed by atoms with Gasteiger partial charge in [-0.2, -0.15) is 0 Å². The molecule has 9 atom stereocenters. The number of carbonyl (C=O) groups excluding carboxylic acids is 1. The molecule has 0 saturated heterocycles. The average Bonchev–Trinajstić information content (AvgIpc) is 2.72. The summed E-state index contributed by atoms with van der Waals surface area (Å²) in [5.74, 6) is -1.15. The van der Waals surface area contributed by atoms with E-state index in [1.165, 1.54) is 0 Å². The first-order valence-electron chi connectivity index (χ1n) is 9.69. The largest absolute Gasteiger partial charge is 0.393 e. The minimum atomic E-state index is -1.14. The number of aliphatic hydroxyl groups is 4. The molecule has 4 aliphatic carbocycles. The van der Waals surface area contributed by atoms with Gasteiger partial charge in [0.15, 0.2) is 0 Å². The number of fused-ring (bicyclic) bond motifs is 2. The minimum Gasteiger partial charge on any atom is -0.393 e. The van der Waals surface area contributed by atoms with Gasteiger partial charge in [0, 0.05) is 35.0 Å². The topological polar surface area (TPSA) is 98.0 Å². The molecular formula is C20H32O5. The monoisotopic (exact) mass is 352 g/mol. The van der Waals surface area contributed by atoms with Crippen molar-refractivity contribution in [1.29, 1.82) is 0 Å². The molecule has 1 spiro atoms. The van der Waals surface area contributed by atoms with Crippen LogP contribution in [0.15, 0.2) is 0 Å². The Morgan fingerprint density at radius 2 is 1.64 bits per heavy atom. The molecule has 0 aromatic carbocycles. The lowest BCUT2D eigenvalue weighted by molar-refractivity contribution is -0.151. The zero-order valence-electron chi connectivity index (χ0n) is 15.7. The van der Waals surface area contributed by atoms with E-state index in [0.717, 1.165) is 0 Å². The highest BCUT2D eigenvalue weighted by atomic mass is 16.3. The first-order chi connectivity index (χ1) is 11.4. The van der Waals surface area contributed by atoms with E-state index in [-0.39, 0.29) is 30.0 Å². The highest BCUT2D eigenvalue weighted by Gasteiger charge is 2.72. The molecule has 4 N–H and O–H groups in total. The zero-order chi connectivity index (χ0) is 18.6. The molecule has 0 unspecified atom stereocenters. The van der Waals surface area contributed by atoms with Gasteiger partial charge in [-0.05, 0) is 45.4 Å². The van der Waals surface area contributed by atoms with E-state index in [0.29, 0.717) is 25.7 Å². The van der Waals surface area contributed by atoms with Crippen LogP contribution < -0.4 is 0 Å². The summed E-state index contributed by atoms with van der Waals surface area (Å²) < 4.78 is 0. The predicted molar refractivity (Wildman–Crippen MR) is 91.5 cm³/mol. The van der Waals surface area contributed by atoms with Crippen molar-refractivity contribution in [3.8, 4) is 0 Å². The molecule has 142 valence electrons. The van der Waals surface area contributed by atoms with Crippen LogP contribution >= 0.6 is 0 Å². The van der Waals surface area contributed by atoms with Gasteiger partial charge in [0.1, 0.15) is 5.78 Å². The summed E-state index contributed by atoms with van der Waals surface area (Å²) in [6.07, 6.45) is 0.966. The smallest absolute Gasteiger partial charge is 0.137 e. The van der Waals surface area contributed by atoms with Crippen molar-refractivity contribution >= 4 is 5.78 Å². The maximum atomic E-state index is 13.3. The molecule has 2 bridgehead atoms. The normalized spacial score (nSPS) is 60.1. The van der Waals surface area contributed by atoms with Crippen molar-refractivity contribution in [2.45, 2.75) is 83.2 Å². The molecule has 4 fully saturated rings. The number of rotatable bonds is 0. The maximum absolute atomic E-state index is 13.3. The van der Waals surface area contributed by atoms with Crippen LogP contribution in [0.1, 0.15) is 59.8 Å². The summed E-state index contributed by atoms with van der Waals surface area (Å²) in [4.78, 5) is 13.3. The van der Waals surface area contributed by atoms with E-state index in [4.69, 9.17) is 0 Å². The van der Waals surface area contributed by atoms with Gasteiger partial charge >= 0.3 is 0 Å². The SMILES string of the molecule is CC1(C)[C@@H](O)C[C@@H]2[C@@H]1C(=O)C[C@]13C[C@@](C)(O)[C@H](CC[C@@H]1[C@]2(C)O)[C@H]3O. The molecule has 0 heterocycles. The second kappa shape index (κ2) is 4.86. The molecule has 0 aromatic heterocycles. The van der Waals surface area contributed by atoms with Gasteiger partial charge in [-0.25, -0.2) is 0 Å². The summed E-state index contributed by atoms with van der Waals surface area (Å²) in [7, 11) is 0. The Balaban J connectivity index is 1.86. The van der Waals surface area contributed by atoms with Crippen LogP contribution in [0.4, 0.5) is 0 Å². The number of hydrogen-bond donors (Lipinski definition) is 4. The lowest BCUT2D eigenvalue weighted by atomic mass is 9.57. The van der Waals surface area contributed by atoms with Crippen molar-refractivity contribution in [2.24, 2.45) is 34.5 Å². The summed E-state index contributed by atoms with van der Waals surface area (Å²) in [6.45, 7) is 7.38. The van der Waals surface area contributed by atoms with E-state index in [9.17, 15) is 25.2 Å². The second-order valence-corrected chi connectivity index (χ2v) is 10.5. The number of aliphatic hydroxyl groups excluding tert-OH is 2. The molecule has 5 heteroatoms. The van der Waals surface area contributed by atoms with E-state index in [1.54, 1.807) is 13.8 Å². The van der Waals surface area contributed by atoms with Crippen molar-refractivity contribution in [3.63, 3.8) is 0 Å². The van der Waals surface area contributed by atoms with Gasteiger partial charge in [0.2, 0.25) is 0 Å². The number of ketones is 1. The first-order valence-corrected chi connectivity index (χ1v) is 9.69. The Labute approximate surface area is 149 Å². The maximum Gasteiger partial charge on any atom is 0.137 e. The molecule has 25 heavy (non-hydrogen) atoms. The molecule has 0 radical (unpaired) electrons. The summed E-state index contributed by atoms with van der Waals surface area (Å²) in [5.41, 5.74) is -3.48. The van der Waals surface area contributed by atoms with Gasteiger partial charge < -0.3 is 20.4 Å². The molecule has 4 aliphatic rings. The van der Waals surface area contributed by atoms with E-state index < -0.39 is 40.2 Å². The fourth-order valence-corrected chi connectivity index (χ4v) is 7.55. The lowest BCUT2D eigenvalue weighted by Gasteiger charge is -2.50. The van der Waals surface area contributed by atoms with Crippen LogP contribution in [-0.2, 0) is 4.79 Å². The third-order valence-electron chi connectivity index (χ3n) is 8.76. The van der Waals surface area contributed by atoms with E-state index in [2.05, 4.69) is 0 Å². The fourth-order valence-electron chi connectivity index (χ4n) is 7.55. The third-order valence-corrected chi connectivity index (χ3v) is 8.76. The van der Waals surface area contributed by atoms with Gasteiger partial charge in [0.05, 0.1) is 23.4 Å². The van der Waals surface area contributed by atoms with Crippen molar-refractivity contribution in [2.75, 3.05) is 0 Å². The van der Waals surface area contributed by atoms with Crippen LogP contribution in [0.3, 0.4) is 0 Å². The third kappa shape index (κ3) is 2.01. The standard InChI is InChI=1S/C20H32O5/c1-17(2)14(22)7-11-15(17)12(21)8-20-9-18(3,24)10(16(20)23)5-6-13(20)19(11,4)25/h10-11,13-16,22-25H,5-9H2,1-4H3/t10-,11-,13-,14+,15-,16-,18-,19-,20+/m1/s1. The Morgan fingerprint density at radius 3 is 2.28 bits per heavy atom. The molecule has 0 aliphatic heterocycles. The van der Waals surface area contributed by atoms with Gasteiger partial charge in [-0.3, -0.25) is 4.79 Å². The average molecular weight is 352 g/mol. The fraction of sp³-hybridized carbons (Fsp3) is 0.950. The Bertz CT molecular complexity index is 609. The predicted octanol–water partition coefficient (Wildman–Crippen LogP) is 1.26. The number of Topliss-reactive ketones (excluding diaryl/α,β-unsaturated/α-hetero) is 1. The molecular weight excluding hydrogens is 320 g/mol. The molecule has 4 rings (SSSR count). The second-order valence-electron chi connectivity index (χ2n) is 10.5. The number of hydrogen-bond acceptors (Lipinski definition) is 5. The minimum absolute atomic E-state index is 0.0340. The molecule has 4 saturated carbocycles. The van der Waals surface area contributed by atoms with Gasteiger partial charge in [-0.15, -0.1) is 0 Å². The van der Waals surface area contributed by atoms with Gasteiger partial charge in [-0.1, -0.05) is 13.8 Å². The van der Waals surface area contributed by atoms with Crippen LogP contribution in [-0.4, -0.2) is 49.6 Å². The first kappa shape index (κ1) is 17.9. The van der Waals surface area contributed by atoms with Crippen molar-refractivity contribution < 1.29 is 25.2 Å². The van der Waals surface area contributed by atoms with Crippen molar-refractivity contribution in [1.82, 2.24) is 0 Å². The zero-order valence-corrected chi connectivity index (χ0v) is 15.7. The molecule has 0 aromatic rings. The van der Waals surface area contributed by atoms with Crippen LogP contribution in [0, 0.1) is 34.5 Å². The molecule has 0 amide bonds. The Hall–Kier alpha value is -0.490. The Morgan fingerprint density at radius 1 is 1.00 bits per heavy atom. The molecule has 5 nitrogen and oxygen atoms in total. The van der Waals surface area contributed by atoms with E-state index in [1.807, 2.05) is 13.8 Å². The van der Waals surface area contributed by atoms with Gasteiger partial charge in [0.25, 0.3) is 0 Å². The number of carbonyl (C=O) groups is 1. The highest BCUT2D eigenvalue weighted by Crippen LogP contribution is 2.68. The summed E-state index contributed by atoms with van der Waals surface area (Å²) >= 11 is 0. The van der Waals surface area contributed by atoms with E-state index >= 15 is 0 Å². The Kier molecular flexibility index (Phi) is 3.48. The quantitative estimate of drug-likeness (QED) is 0.526. The summed E-state index contributed by atoms with van der Waals surface area (Å²) in [6, 6.07) is 0. The highest BCUT2D eigenvalue weighted by molar-refractivity contribution is 5.84. The van der Waals surface area contributed by atoms with Crippen LogP contribution in [0.5, 0.6) is 0 Å².